The van der Waals surface area contributed by atoms with Crippen molar-refractivity contribution in [2.75, 3.05) is 0 Å². The van der Waals surface area contributed by atoms with Gasteiger partial charge in [-0.15, -0.1) is 0 Å². The van der Waals surface area contributed by atoms with Gasteiger partial charge in [0.05, 0.1) is 0 Å². The van der Waals surface area contributed by atoms with Crippen LogP contribution >= 0.6 is 0 Å². The van der Waals surface area contributed by atoms with Crippen molar-refractivity contribution in [3.63, 3.8) is 0 Å². The maximum atomic E-state index is 11.9. The summed E-state index contributed by atoms with van der Waals surface area (Å²) in [6, 6.07) is 9.30. The average molecular weight is 289 g/mol. The van der Waals surface area contributed by atoms with E-state index in [-0.39, 0.29) is 0 Å². The second-order valence-electron chi connectivity index (χ2n) is 4.50. The summed E-state index contributed by atoms with van der Waals surface area (Å²) in [4.78, 5) is 0. The van der Waals surface area contributed by atoms with Crippen LogP contribution in [0.1, 0.15) is 37.7 Å². The van der Waals surface area contributed by atoms with Crippen LogP contribution in [0.4, 0.5) is 0 Å². The van der Waals surface area contributed by atoms with Gasteiger partial charge >= 0.3 is 98.0 Å². The third-order valence-electron chi connectivity index (χ3n) is 3.55. The number of benzene rings is 1. The molecule has 1 fully saturated rings. The molecule has 2 N–H and O–H groups in total. The van der Waals surface area contributed by atoms with Crippen molar-refractivity contribution < 1.29 is 12.2 Å². The van der Waals surface area contributed by atoms with Crippen LogP contribution in [0, 0.1) is 0 Å². The van der Waals surface area contributed by atoms with Gasteiger partial charge in [-0.25, -0.2) is 0 Å². The predicted molar refractivity (Wildman–Crippen MR) is 63.5 cm³/mol. The van der Waals surface area contributed by atoms with Crippen LogP contribution in [-0.2, 0) is 8.15 Å². The van der Waals surface area contributed by atoms with E-state index in [4.69, 9.17) is 0 Å². The van der Waals surface area contributed by atoms with Crippen LogP contribution in [0.25, 0.3) is 0 Å². The molecule has 0 radical (unpaired) electrons. The summed E-state index contributed by atoms with van der Waals surface area (Å²) in [5.74, 6) is 0. The summed E-state index contributed by atoms with van der Waals surface area (Å²) in [6.45, 7) is 0. The Hall–Kier alpha value is -0.541. The van der Waals surface area contributed by atoms with Crippen molar-refractivity contribution in [3.05, 3.63) is 35.9 Å². The van der Waals surface area contributed by atoms with Gasteiger partial charge in [-0.05, 0) is 0 Å². The normalized spacial score (nSPS) is 21.6. The topological polar surface area (TPSA) is 57.5 Å². The Bertz CT molecular complexity index is 390. The van der Waals surface area contributed by atoms with Gasteiger partial charge in [-0.2, -0.15) is 0 Å². The second-order valence-corrected chi connectivity index (χ2v) is 8.58. The third-order valence-corrected chi connectivity index (χ3v) is 7.37. The van der Waals surface area contributed by atoms with Crippen LogP contribution in [-0.4, -0.2) is 21.8 Å². The van der Waals surface area contributed by atoms with E-state index in [1.807, 2.05) is 30.3 Å². The Morgan fingerprint density at radius 2 is 1.56 bits per heavy atom. The first kappa shape index (κ1) is 11.9. The molecule has 1 aromatic rings. The molecule has 2 rings (SSSR count). The Labute approximate surface area is 98.2 Å². The molecule has 0 atom stereocenters. The Morgan fingerprint density at radius 3 is 2.06 bits per heavy atom. The third kappa shape index (κ3) is 1.98. The van der Waals surface area contributed by atoms with Gasteiger partial charge in [-0.3, -0.25) is 0 Å². The molecular formula is C12H18O3Se. The van der Waals surface area contributed by atoms with Crippen molar-refractivity contribution >= 4 is 13.4 Å². The molecule has 0 amide bonds. The fourth-order valence-corrected chi connectivity index (χ4v) is 5.54. The molecular weight excluding hydrogens is 271 g/mol. The summed E-state index contributed by atoms with van der Waals surface area (Å²) >= 11 is -4.76. The van der Waals surface area contributed by atoms with Crippen molar-refractivity contribution in [1.29, 1.82) is 0 Å². The fraction of sp³-hybridized carbons (Fsp3) is 0.500. The molecule has 90 valence electrons. The Morgan fingerprint density at radius 1 is 1.00 bits per heavy atom. The molecule has 0 unspecified atom stereocenters. The molecule has 0 aliphatic heterocycles. The number of hydrogen-bond donors (Lipinski definition) is 2. The van der Waals surface area contributed by atoms with Crippen LogP contribution in [0.5, 0.6) is 0 Å². The Kier molecular flexibility index (Phi) is 3.26. The van der Waals surface area contributed by atoms with Gasteiger partial charge in [0.25, 0.3) is 0 Å². The molecule has 3 nitrogen and oxygen atoms in total. The fourth-order valence-electron chi connectivity index (χ4n) is 2.63. The first-order valence-electron chi connectivity index (χ1n) is 5.67. The van der Waals surface area contributed by atoms with Gasteiger partial charge in [0.1, 0.15) is 0 Å². The summed E-state index contributed by atoms with van der Waals surface area (Å²) in [6.07, 6.45) is 4.17. The molecule has 16 heavy (non-hydrogen) atoms. The van der Waals surface area contributed by atoms with Gasteiger partial charge in [0.2, 0.25) is 0 Å². The molecule has 4 heteroatoms. The summed E-state index contributed by atoms with van der Waals surface area (Å²) in [7, 11) is 0. The minimum absolute atomic E-state index is 0.626. The van der Waals surface area contributed by atoms with Gasteiger partial charge in [0, 0.05) is 0 Å². The van der Waals surface area contributed by atoms with Crippen LogP contribution in [0.15, 0.2) is 30.3 Å². The van der Waals surface area contributed by atoms with E-state index in [1.54, 1.807) is 0 Å². The first-order valence-corrected chi connectivity index (χ1v) is 9.06. The molecule has 0 aromatic heterocycles. The molecule has 0 saturated heterocycles. The van der Waals surface area contributed by atoms with Gasteiger partial charge < -0.3 is 0 Å². The molecule has 1 saturated carbocycles. The van der Waals surface area contributed by atoms with Crippen LogP contribution in [0.3, 0.4) is 0 Å². The minimum atomic E-state index is -4.76. The number of rotatable bonds is 2. The number of hydrogen-bond acceptors (Lipinski definition) is 1. The van der Waals surface area contributed by atoms with E-state index >= 15 is 0 Å². The van der Waals surface area contributed by atoms with E-state index in [2.05, 4.69) is 0 Å². The molecule has 1 aliphatic carbocycles. The van der Waals surface area contributed by atoms with Crippen molar-refractivity contribution in [2.45, 2.75) is 36.4 Å². The SMILES string of the molecule is O=[SeH](O)(O)C1(c2ccccc2)CCCCC1. The molecule has 1 aliphatic rings. The molecule has 0 bridgehead atoms. The summed E-state index contributed by atoms with van der Waals surface area (Å²) in [5.41, 5.74) is 0.821. The molecule has 0 spiro atoms. The van der Waals surface area contributed by atoms with E-state index in [1.165, 1.54) is 0 Å². The van der Waals surface area contributed by atoms with Crippen LogP contribution in [0.2, 0.25) is 0 Å². The predicted octanol–water partition coefficient (Wildman–Crippen LogP) is 1.51. The summed E-state index contributed by atoms with van der Waals surface area (Å²) in [5, 5.41) is 0. The molecule has 1 aromatic carbocycles. The molecule has 0 heterocycles. The monoisotopic (exact) mass is 290 g/mol. The van der Waals surface area contributed by atoms with E-state index in [9.17, 15) is 12.2 Å². The van der Waals surface area contributed by atoms with Crippen molar-refractivity contribution in [1.82, 2.24) is 0 Å². The zero-order chi connectivity index (χ0) is 11.6. The van der Waals surface area contributed by atoms with Gasteiger partial charge in [-0.1, -0.05) is 0 Å². The van der Waals surface area contributed by atoms with Crippen molar-refractivity contribution in [3.8, 4) is 0 Å². The van der Waals surface area contributed by atoms with E-state index < -0.39 is 17.7 Å². The standard InChI is InChI=1S/C12H18O3Se/c13-16(14,15)12(9-5-2-6-10-12)11-7-3-1-4-8-11/h1,3-4,7-8,16H,2,5-6,9-10H2,(H2,13,14,15). The average Bonchev–Trinajstić information content (AvgIpc) is 2.30. The first-order chi connectivity index (χ1) is 7.56. The summed E-state index contributed by atoms with van der Waals surface area (Å²) < 4.78 is 30.4. The van der Waals surface area contributed by atoms with E-state index in [0.29, 0.717) is 12.8 Å². The van der Waals surface area contributed by atoms with Crippen molar-refractivity contribution in [2.24, 2.45) is 0 Å². The van der Waals surface area contributed by atoms with Crippen LogP contribution < -0.4 is 0 Å². The van der Waals surface area contributed by atoms with Gasteiger partial charge in [0.15, 0.2) is 0 Å². The maximum absolute atomic E-state index is 11.9. The second kappa shape index (κ2) is 4.38. The zero-order valence-corrected chi connectivity index (χ0v) is 11.0. The zero-order valence-electron chi connectivity index (χ0n) is 9.17. The quantitative estimate of drug-likeness (QED) is 0.812. The Balaban J connectivity index is 2.47. The van der Waals surface area contributed by atoms with E-state index in [0.717, 1.165) is 24.8 Å².